The lowest BCUT2D eigenvalue weighted by atomic mass is 10.2. The highest BCUT2D eigenvalue weighted by Crippen LogP contribution is 2.26. The van der Waals surface area contributed by atoms with Crippen LogP contribution in [-0.4, -0.2) is 26.7 Å². The number of halogens is 3. The molecule has 2 heterocycles. The summed E-state index contributed by atoms with van der Waals surface area (Å²) in [5, 5.41) is 9.66. The zero-order valence-electron chi connectivity index (χ0n) is 13.2. The normalized spacial score (nSPS) is 10.8. The third kappa shape index (κ3) is 4.90. The van der Waals surface area contributed by atoms with E-state index in [1.165, 1.54) is 24.3 Å². The molecular weight excluding hydrogens is 341 g/mol. The molecule has 3 rings (SSSR count). The Bertz CT molecular complexity index is 852. The highest BCUT2D eigenvalue weighted by Gasteiger charge is 2.31. The Kier molecular flexibility index (Phi) is 5.52. The standard InChI is InChI=1S/C13H7F3N4O3.C2H6/c14-13(15,16)22-8-3-1-7(2-4-8)11-17-12(23-20-11)9-5-6-10(21)19-18-9;1-2/h1-6H,(H,19,21);1-2H3. The van der Waals surface area contributed by atoms with Crippen molar-refractivity contribution in [2.24, 2.45) is 0 Å². The van der Waals surface area contributed by atoms with Crippen LogP contribution in [0.3, 0.4) is 0 Å². The lowest BCUT2D eigenvalue weighted by molar-refractivity contribution is -0.274. The minimum absolute atomic E-state index is 0.0619. The summed E-state index contributed by atoms with van der Waals surface area (Å²) >= 11 is 0. The van der Waals surface area contributed by atoms with Crippen LogP contribution in [0, 0.1) is 0 Å². The van der Waals surface area contributed by atoms with E-state index >= 15 is 0 Å². The van der Waals surface area contributed by atoms with E-state index in [0.29, 0.717) is 5.56 Å². The van der Waals surface area contributed by atoms with Crippen molar-refractivity contribution in [3.8, 4) is 28.7 Å². The van der Waals surface area contributed by atoms with Crippen molar-refractivity contribution in [1.29, 1.82) is 0 Å². The van der Waals surface area contributed by atoms with Gasteiger partial charge in [0.2, 0.25) is 5.82 Å². The van der Waals surface area contributed by atoms with Crippen LogP contribution in [0.1, 0.15) is 13.8 Å². The summed E-state index contributed by atoms with van der Waals surface area (Å²) in [6.07, 6.45) is -4.75. The maximum absolute atomic E-state index is 12.1. The topological polar surface area (TPSA) is 93.9 Å². The summed E-state index contributed by atoms with van der Waals surface area (Å²) in [4.78, 5) is 15.0. The fraction of sp³-hybridized carbons (Fsp3) is 0.200. The summed E-state index contributed by atoms with van der Waals surface area (Å²) < 4.78 is 45.0. The number of nitrogens with one attached hydrogen (secondary N) is 1. The average molecular weight is 354 g/mol. The third-order valence-electron chi connectivity index (χ3n) is 2.67. The van der Waals surface area contributed by atoms with Gasteiger partial charge in [-0.1, -0.05) is 19.0 Å². The van der Waals surface area contributed by atoms with Crippen molar-refractivity contribution < 1.29 is 22.4 Å². The molecule has 1 N–H and O–H groups in total. The van der Waals surface area contributed by atoms with Gasteiger partial charge in [-0.2, -0.15) is 10.1 Å². The number of hydrogen-bond acceptors (Lipinski definition) is 6. The van der Waals surface area contributed by atoms with E-state index in [2.05, 4.69) is 25.1 Å². The first-order valence-corrected chi connectivity index (χ1v) is 7.17. The number of nitrogens with zero attached hydrogens (tertiary/aromatic N) is 3. The smallest absolute Gasteiger partial charge is 0.406 e. The lowest BCUT2D eigenvalue weighted by Gasteiger charge is -2.08. The van der Waals surface area contributed by atoms with E-state index < -0.39 is 6.36 Å². The molecule has 0 aliphatic carbocycles. The second-order valence-electron chi connectivity index (χ2n) is 4.30. The van der Waals surface area contributed by atoms with Crippen molar-refractivity contribution in [3.63, 3.8) is 0 Å². The maximum atomic E-state index is 12.1. The highest BCUT2D eigenvalue weighted by atomic mass is 19.4. The molecule has 1 aromatic carbocycles. The van der Waals surface area contributed by atoms with Crippen LogP contribution < -0.4 is 10.3 Å². The Balaban J connectivity index is 0.00000109. The highest BCUT2D eigenvalue weighted by molar-refractivity contribution is 5.58. The second-order valence-corrected chi connectivity index (χ2v) is 4.30. The molecule has 0 spiro atoms. The molecule has 3 aromatic rings. The zero-order chi connectivity index (χ0) is 18.4. The van der Waals surface area contributed by atoms with Crippen LogP contribution in [0.4, 0.5) is 13.2 Å². The molecule has 0 atom stereocenters. The molecule has 25 heavy (non-hydrogen) atoms. The maximum Gasteiger partial charge on any atom is 0.573 e. The summed E-state index contributed by atoms with van der Waals surface area (Å²) in [5.41, 5.74) is 0.313. The van der Waals surface area contributed by atoms with E-state index in [0.717, 1.165) is 12.1 Å². The molecule has 0 radical (unpaired) electrons. The number of hydrogen-bond donors (Lipinski definition) is 1. The van der Waals surface area contributed by atoms with Gasteiger partial charge in [-0.3, -0.25) is 4.79 Å². The molecule has 0 amide bonds. The summed E-state index contributed by atoms with van der Waals surface area (Å²) in [6.45, 7) is 4.00. The van der Waals surface area contributed by atoms with Crippen molar-refractivity contribution in [1.82, 2.24) is 20.3 Å². The Morgan fingerprint density at radius 2 is 1.76 bits per heavy atom. The van der Waals surface area contributed by atoms with Crippen molar-refractivity contribution in [2.45, 2.75) is 20.2 Å². The van der Waals surface area contributed by atoms with Gasteiger partial charge in [0, 0.05) is 11.6 Å². The van der Waals surface area contributed by atoms with Gasteiger partial charge in [0.05, 0.1) is 0 Å². The second kappa shape index (κ2) is 7.60. The van der Waals surface area contributed by atoms with Gasteiger partial charge in [0.1, 0.15) is 11.4 Å². The quantitative estimate of drug-likeness (QED) is 0.775. The summed E-state index contributed by atoms with van der Waals surface area (Å²) in [5.74, 6) is -0.134. The molecule has 0 fully saturated rings. The molecule has 10 heteroatoms. The minimum atomic E-state index is -4.75. The number of benzene rings is 1. The summed E-state index contributed by atoms with van der Waals surface area (Å²) in [6, 6.07) is 7.63. The fourth-order valence-corrected chi connectivity index (χ4v) is 1.71. The van der Waals surface area contributed by atoms with Crippen LogP contribution in [0.15, 0.2) is 45.7 Å². The van der Waals surface area contributed by atoms with E-state index in [9.17, 15) is 18.0 Å². The molecular formula is C15H13F3N4O3. The van der Waals surface area contributed by atoms with Crippen LogP contribution in [0.5, 0.6) is 5.75 Å². The number of aromatic amines is 1. The Morgan fingerprint density at radius 1 is 1.08 bits per heavy atom. The first kappa shape index (κ1) is 18.2. The van der Waals surface area contributed by atoms with E-state index in [4.69, 9.17) is 4.52 Å². The molecule has 132 valence electrons. The number of ether oxygens (including phenoxy) is 1. The molecule has 0 aliphatic rings. The van der Waals surface area contributed by atoms with Gasteiger partial charge < -0.3 is 9.26 Å². The van der Waals surface area contributed by atoms with E-state index in [1.54, 1.807) is 0 Å². The van der Waals surface area contributed by atoms with Gasteiger partial charge in [0.25, 0.3) is 11.4 Å². The van der Waals surface area contributed by atoms with Gasteiger partial charge >= 0.3 is 6.36 Å². The van der Waals surface area contributed by atoms with Crippen LogP contribution in [0.25, 0.3) is 23.0 Å². The molecule has 0 bridgehead atoms. The molecule has 0 unspecified atom stereocenters. The zero-order valence-corrected chi connectivity index (χ0v) is 13.2. The largest absolute Gasteiger partial charge is 0.573 e. The number of aromatic nitrogens is 4. The Morgan fingerprint density at radius 3 is 2.32 bits per heavy atom. The van der Waals surface area contributed by atoms with Crippen LogP contribution in [-0.2, 0) is 0 Å². The summed E-state index contributed by atoms with van der Waals surface area (Å²) in [7, 11) is 0. The third-order valence-corrected chi connectivity index (χ3v) is 2.67. The molecule has 0 saturated carbocycles. The first-order valence-electron chi connectivity index (χ1n) is 7.17. The van der Waals surface area contributed by atoms with Gasteiger partial charge in [0.15, 0.2) is 0 Å². The number of H-pyrrole nitrogens is 1. The predicted octanol–water partition coefficient (Wildman–Crippen LogP) is 3.41. The Hall–Kier alpha value is -3.17. The van der Waals surface area contributed by atoms with Gasteiger partial charge in [-0.15, -0.1) is 13.2 Å². The fourth-order valence-electron chi connectivity index (χ4n) is 1.71. The Labute approximate surface area is 139 Å². The molecule has 0 saturated heterocycles. The minimum Gasteiger partial charge on any atom is -0.406 e. The predicted molar refractivity (Wildman–Crippen MR) is 81.6 cm³/mol. The average Bonchev–Trinajstić information content (AvgIpc) is 3.07. The lowest BCUT2D eigenvalue weighted by Crippen LogP contribution is -2.16. The molecule has 2 aromatic heterocycles. The van der Waals surface area contributed by atoms with Crippen molar-refractivity contribution in [3.05, 3.63) is 46.8 Å². The monoisotopic (exact) mass is 354 g/mol. The van der Waals surface area contributed by atoms with Crippen LogP contribution >= 0.6 is 0 Å². The first-order chi connectivity index (χ1) is 11.9. The molecule has 0 aliphatic heterocycles. The van der Waals surface area contributed by atoms with Gasteiger partial charge in [-0.25, -0.2) is 5.10 Å². The van der Waals surface area contributed by atoms with Gasteiger partial charge in [-0.05, 0) is 30.3 Å². The van der Waals surface area contributed by atoms with Crippen LogP contribution in [0.2, 0.25) is 0 Å². The van der Waals surface area contributed by atoms with E-state index in [1.807, 2.05) is 13.8 Å². The van der Waals surface area contributed by atoms with Crippen molar-refractivity contribution in [2.75, 3.05) is 0 Å². The van der Waals surface area contributed by atoms with E-state index in [-0.39, 0.29) is 28.7 Å². The van der Waals surface area contributed by atoms with Crippen molar-refractivity contribution >= 4 is 0 Å². The number of alkyl halides is 3. The SMILES string of the molecule is CC.O=c1ccc(-c2nc(-c3ccc(OC(F)(F)F)cc3)no2)n[nH]1. The molecule has 7 nitrogen and oxygen atoms in total. The number of rotatable bonds is 3.